The average Bonchev–Trinajstić information content (AvgIpc) is 2.51. The lowest BCUT2D eigenvalue weighted by Crippen LogP contribution is -1.92. The fourth-order valence-corrected chi connectivity index (χ4v) is 1.96. The maximum atomic E-state index is 5.32. The van der Waals surface area contributed by atoms with Crippen LogP contribution in [-0.4, -0.2) is 9.38 Å². The standard InChI is InChI=1S/C10H8N2OS/c14-10-11-5-7-2-4-13-6-8-1-3-12(10)9(7)8/h1-5H,6H2,(H,11,14). The summed E-state index contributed by atoms with van der Waals surface area (Å²) in [6.07, 6.45) is 7.53. The summed E-state index contributed by atoms with van der Waals surface area (Å²) >= 11 is 5.19. The minimum Gasteiger partial charge on any atom is -0.496 e. The van der Waals surface area contributed by atoms with Crippen LogP contribution < -0.4 is 0 Å². The molecule has 1 aliphatic rings. The number of rotatable bonds is 0. The van der Waals surface area contributed by atoms with Gasteiger partial charge in [0.2, 0.25) is 0 Å². The molecule has 0 saturated carbocycles. The Balaban J connectivity index is 2.55. The second kappa shape index (κ2) is 2.72. The Morgan fingerprint density at radius 2 is 2.43 bits per heavy atom. The van der Waals surface area contributed by atoms with Crippen molar-refractivity contribution < 1.29 is 4.74 Å². The summed E-state index contributed by atoms with van der Waals surface area (Å²) in [5.74, 6) is 0. The highest BCUT2D eigenvalue weighted by molar-refractivity contribution is 7.71. The van der Waals surface area contributed by atoms with E-state index in [1.165, 1.54) is 5.56 Å². The Morgan fingerprint density at radius 3 is 3.36 bits per heavy atom. The molecule has 0 unspecified atom stereocenters. The Hall–Kier alpha value is -1.55. The molecular formula is C10H8N2OS. The predicted octanol–water partition coefficient (Wildman–Crippen LogP) is 2.50. The number of nitrogens with one attached hydrogen (secondary N) is 1. The van der Waals surface area contributed by atoms with E-state index in [0.717, 1.165) is 11.1 Å². The van der Waals surface area contributed by atoms with Crippen molar-refractivity contribution in [2.75, 3.05) is 0 Å². The zero-order valence-corrected chi connectivity index (χ0v) is 8.17. The third-order valence-corrected chi connectivity index (χ3v) is 2.71. The van der Waals surface area contributed by atoms with Crippen molar-refractivity contribution >= 4 is 23.8 Å². The summed E-state index contributed by atoms with van der Waals surface area (Å²) in [4.78, 5) is 3.04. The van der Waals surface area contributed by atoms with Crippen molar-refractivity contribution in [2.45, 2.75) is 6.61 Å². The van der Waals surface area contributed by atoms with Gasteiger partial charge in [-0.3, -0.25) is 4.40 Å². The molecule has 0 fully saturated rings. The quantitative estimate of drug-likeness (QED) is 0.668. The maximum absolute atomic E-state index is 5.32. The van der Waals surface area contributed by atoms with Crippen LogP contribution in [0.3, 0.4) is 0 Å². The van der Waals surface area contributed by atoms with Crippen LogP contribution in [0.5, 0.6) is 0 Å². The molecule has 0 aliphatic carbocycles. The van der Waals surface area contributed by atoms with E-state index in [-0.39, 0.29) is 0 Å². The van der Waals surface area contributed by atoms with Gasteiger partial charge in [0.05, 0.1) is 11.8 Å². The van der Waals surface area contributed by atoms with E-state index < -0.39 is 0 Å². The van der Waals surface area contributed by atoms with Gasteiger partial charge in [-0.05, 0) is 24.4 Å². The molecule has 3 nitrogen and oxygen atoms in total. The molecule has 0 amide bonds. The molecule has 0 saturated heterocycles. The molecule has 1 N–H and O–H groups in total. The zero-order valence-electron chi connectivity index (χ0n) is 7.36. The van der Waals surface area contributed by atoms with E-state index in [9.17, 15) is 0 Å². The number of hydrogen-bond donors (Lipinski definition) is 1. The van der Waals surface area contributed by atoms with Gasteiger partial charge in [-0.2, -0.15) is 0 Å². The Morgan fingerprint density at radius 1 is 1.50 bits per heavy atom. The van der Waals surface area contributed by atoms with Gasteiger partial charge in [-0.25, -0.2) is 0 Å². The largest absolute Gasteiger partial charge is 0.496 e. The lowest BCUT2D eigenvalue weighted by atomic mass is 10.2. The monoisotopic (exact) mass is 204 g/mol. The Bertz CT molecular complexity index is 579. The highest BCUT2D eigenvalue weighted by Gasteiger charge is 2.09. The van der Waals surface area contributed by atoms with Gasteiger partial charge in [0.15, 0.2) is 4.77 Å². The van der Waals surface area contributed by atoms with Crippen LogP contribution in [-0.2, 0) is 11.3 Å². The lowest BCUT2D eigenvalue weighted by molar-refractivity contribution is 0.241. The summed E-state index contributed by atoms with van der Waals surface area (Å²) in [6, 6.07) is 2.04. The van der Waals surface area contributed by atoms with E-state index >= 15 is 0 Å². The van der Waals surface area contributed by atoms with E-state index in [1.54, 1.807) is 6.26 Å². The van der Waals surface area contributed by atoms with E-state index in [4.69, 9.17) is 17.0 Å². The minimum atomic E-state index is 0.610. The summed E-state index contributed by atoms with van der Waals surface area (Å²) < 4.78 is 8.01. The summed E-state index contributed by atoms with van der Waals surface area (Å²) in [5, 5.41) is 0. The predicted molar refractivity (Wildman–Crippen MR) is 56.4 cm³/mol. The number of ether oxygens (including phenoxy) is 1. The zero-order chi connectivity index (χ0) is 9.54. The van der Waals surface area contributed by atoms with Crippen molar-refractivity contribution in [1.29, 1.82) is 0 Å². The highest BCUT2D eigenvalue weighted by Crippen LogP contribution is 2.22. The van der Waals surface area contributed by atoms with Crippen molar-refractivity contribution in [3.8, 4) is 0 Å². The van der Waals surface area contributed by atoms with Crippen LogP contribution in [0.1, 0.15) is 11.1 Å². The third-order valence-electron chi connectivity index (χ3n) is 2.40. The van der Waals surface area contributed by atoms with Crippen molar-refractivity contribution in [2.24, 2.45) is 0 Å². The number of aromatic nitrogens is 2. The molecule has 4 heteroatoms. The topological polar surface area (TPSA) is 29.4 Å². The van der Waals surface area contributed by atoms with Crippen LogP contribution in [0.15, 0.2) is 24.7 Å². The molecule has 2 aromatic heterocycles. The van der Waals surface area contributed by atoms with Gasteiger partial charge in [0, 0.05) is 23.5 Å². The summed E-state index contributed by atoms with van der Waals surface area (Å²) in [7, 11) is 0. The van der Waals surface area contributed by atoms with Crippen LogP contribution in [0.25, 0.3) is 11.6 Å². The molecule has 0 radical (unpaired) electrons. The summed E-state index contributed by atoms with van der Waals surface area (Å²) in [6.45, 7) is 0.610. The number of H-pyrrole nitrogens is 1. The molecule has 0 spiro atoms. The third kappa shape index (κ3) is 0.943. The first-order valence-corrected chi connectivity index (χ1v) is 4.77. The Labute approximate surface area is 85.6 Å². The van der Waals surface area contributed by atoms with E-state index in [1.807, 2.05) is 28.9 Å². The molecule has 14 heavy (non-hydrogen) atoms. The molecule has 3 heterocycles. The first-order valence-electron chi connectivity index (χ1n) is 4.36. The molecule has 0 bridgehead atoms. The van der Waals surface area contributed by atoms with Gasteiger partial charge in [-0.1, -0.05) is 0 Å². The van der Waals surface area contributed by atoms with Crippen LogP contribution in [0.4, 0.5) is 0 Å². The molecule has 0 atom stereocenters. The SMILES string of the molecule is S=c1[nH]cc2c3c(ccn13)COC=C2. The molecular weight excluding hydrogens is 196 g/mol. The van der Waals surface area contributed by atoms with Gasteiger partial charge in [0.25, 0.3) is 0 Å². The number of hydrogen-bond acceptors (Lipinski definition) is 2. The number of nitrogens with zero attached hydrogens (tertiary/aromatic N) is 1. The first kappa shape index (κ1) is 7.82. The number of aromatic amines is 1. The van der Waals surface area contributed by atoms with Crippen molar-refractivity contribution in [3.63, 3.8) is 0 Å². The Kier molecular flexibility index (Phi) is 1.52. The summed E-state index contributed by atoms with van der Waals surface area (Å²) in [5.41, 5.74) is 3.42. The van der Waals surface area contributed by atoms with Gasteiger partial charge in [0.1, 0.15) is 6.61 Å². The fraction of sp³-hybridized carbons (Fsp3) is 0.100. The minimum absolute atomic E-state index is 0.610. The van der Waals surface area contributed by atoms with Crippen molar-refractivity contribution in [3.05, 3.63) is 40.6 Å². The second-order valence-electron chi connectivity index (χ2n) is 3.22. The van der Waals surface area contributed by atoms with Crippen LogP contribution >= 0.6 is 12.2 Å². The van der Waals surface area contributed by atoms with E-state index in [2.05, 4.69) is 4.98 Å². The molecule has 0 aromatic carbocycles. The normalized spacial score (nSPS) is 14.0. The highest BCUT2D eigenvalue weighted by atomic mass is 32.1. The maximum Gasteiger partial charge on any atom is 0.181 e. The molecule has 70 valence electrons. The molecule has 1 aliphatic heterocycles. The fourth-order valence-electron chi connectivity index (χ4n) is 1.75. The van der Waals surface area contributed by atoms with Gasteiger partial charge < -0.3 is 9.72 Å². The smallest absolute Gasteiger partial charge is 0.181 e. The molecule has 2 aromatic rings. The van der Waals surface area contributed by atoms with Gasteiger partial charge in [-0.15, -0.1) is 0 Å². The van der Waals surface area contributed by atoms with Crippen molar-refractivity contribution in [1.82, 2.24) is 9.38 Å². The second-order valence-corrected chi connectivity index (χ2v) is 3.61. The first-order chi connectivity index (χ1) is 6.86. The van der Waals surface area contributed by atoms with Gasteiger partial charge >= 0.3 is 0 Å². The lowest BCUT2D eigenvalue weighted by Gasteiger charge is -2.00. The van der Waals surface area contributed by atoms with Crippen LogP contribution in [0, 0.1) is 4.77 Å². The average molecular weight is 204 g/mol. The van der Waals surface area contributed by atoms with Crippen LogP contribution in [0.2, 0.25) is 0 Å². The molecule has 3 rings (SSSR count). The van der Waals surface area contributed by atoms with E-state index in [0.29, 0.717) is 11.4 Å².